The molecule has 144 valence electrons. The van der Waals surface area contributed by atoms with Gasteiger partial charge >= 0.3 is 5.97 Å². The molecule has 1 saturated heterocycles. The van der Waals surface area contributed by atoms with E-state index in [4.69, 9.17) is 5.11 Å². The minimum absolute atomic E-state index is 0.0523. The third kappa shape index (κ3) is 4.98. The predicted octanol–water partition coefficient (Wildman–Crippen LogP) is 3.48. The second-order valence-electron chi connectivity index (χ2n) is 6.27. The van der Waals surface area contributed by atoms with E-state index in [0.717, 1.165) is 17.7 Å². The number of hydrogen-bond acceptors (Lipinski definition) is 6. The number of likely N-dealkylation sites (tertiary alicyclic amines) is 1. The van der Waals surface area contributed by atoms with E-state index in [0.29, 0.717) is 29.6 Å². The molecule has 1 unspecified atom stereocenters. The zero-order valence-electron chi connectivity index (χ0n) is 14.8. The van der Waals surface area contributed by atoms with Crippen LogP contribution in [0.1, 0.15) is 28.9 Å². The lowest BCUT2D eigenvalue weighted by molar-refractivity contribution is -0.128. The van der Waals surface area contributed by atoms with E-state index in [1.54, 1.807) is 6.07 Å². The van der Waals surface area contributed by atoms with Crippen molar-refractivity contribution >= 4 is 40.7 Å². The fourth-order valence-corrected chi connectivity index (χ4v) is 4.83. The molecule has 0 aliphatic carbocycles. The number of benzene rings is 1. The molecule has 0 bridgehead atoms. The van der Waals surface area contributed by atoms with Crippen LogP contribution in [0.2, 0.25) is 0 Å². The number of amides is 1. The number of carboxylic acid groups (broad SMARTS) is 1. The smallest absolute Gasteiger partial charge is 0.355 e. The molecule has 1 atom stereocenters. The Kier molecular flexibility index (Phi) is 6.33. The number of anilines is 1. The number of rotatable bonds is 8. The SMILES string of the molecule is Cc1cc(F)ccc1NCC1CCC(=O)N1CCSc1nc(C(=O)O)cs1. The zero-order valence-corrected chi connectivity index (χ0v) is 16.4. The molecule has 27 heavy (non-hydrogen) atoms. The Balaban J connectivity index is 1.52. The van der Waals surface area contributed by atoms with E-state index < -0.39 is 5.97 Å². The molecule has 1 amide bonds. The lowest BCUT2D eigenvalue weighted by atomic mass is 10.1. The number of aryl methyl sites for hydroxylation is 1. The molecule has 1 fully saturated rings. The van der Waals surface area contributed by atoms with Crippen molar-refractivity contribution in [3.8, 4) is 0 Å². The number of aromatic carboxylic acids is 1. The van der Waals surface area contributed by atoms with Gasteiger partial charge in [-0.05, 0) is 37.1 Å². The van der Waals surface area contributed by atoms with Crippen LogP contribution in [0, 0.1) is 12.7 Å². The normalized spacial score (nSPS) is 16.7. The summed E-state index contributed by atoms with van der Waals surface area (Å²) in [4.78, 5) is 29.0. The molecule has 2 N–H and O–H groups in total. The average molecular weight is 410 g/mol. The number of nitrogens with one attached hydrogen (secondary N) is 1. The van der Waals surface area contributed by atoms with Gasteiger partial charge in [0.25, 0.3) is 0 Å². The number of thiazole rings is 1. The van der Waals surface area contributed by atoms with Crippen LogP contribution < -0.4 is 5.32 Å². The van der Waals surface area contributed by atoms with E-state index >= 15 is 0 Å². The fourth-order valence-electron chi connectivity index (χ4n) is 3.02. The highest BCUT2D eigenvalue weighted by Crippen LogP contribution is 2.25. The molecule has 1 aliphatic heterocycles. The van der Waals surface area contributed by atoms with Crippen molar-refractivity contribution in [3.63, 3.8) is 0 Å². The Morgan fingerprint density at radius 3 is 3.04 bits per heavy atom. The molecule has 6 nitrogen and oxygen atoms in total. The molecule has 2 aromatic rings. The van der Waals surface area contributed by atoms with Crippen molar-refractivity contribution in [3.05, 3.63) is 40.7 Å². The Hall–Kier alpha value is -2.13. The highest BCUT2D eigenvalue weighted by Gasteiger charge is 2.30. The molecular formula is C18H20FN3O3S2. The quantitative estimate of drug-likeness (QED) is 0.650. The largest absolute Gasteiger partial charge is 0.476 e. The maximum atomic E-state index is 13.2. The van der Waals surface area contributed by atoms with Crippen molar-refractivity contribution in [2.75, 3.05) is 24.2 Å². The van der Waals surface area contributed by atoms with Gasteiger partial charge < -0.3 is 15.3 Å². The first-order chi connectivity index (χ1) is 12.9. The number of carbonyl (C=O) groups excluding carboxylic acids is 1. The van der Waals surface area contributed by atoms with Gasteiger partial charge in [-0.3, -0.25) is 4.79 Å². The minimum atomic E-state index is -1.03. The highest BCUT2D eigenvalue weighted by atomic mass is 32.2. The first kappa shape index (κ1) is 19.6. The second kappa shape index (κ2) is 8.71. The fraction of sp³-hybridized carbons (Fsp3) is 0.389. The van der Waals surface area contributed by atoms with Crippen LogP contribution in [0.15, 0.2) is 27.9 Å². The van der Waals surface area contributed by atoms with Gasteiger partial charge in [-0.15, -0.1) is 11.3 Å². The third-order valence-corrected chi connectivity index (χ3v) is 6.43. The topological polar surface area (TPSA) is 82.5 Å². The summed E-state index contributed by atoms with van der Waals surface area (Å²) in [6.07, 6.45) is 1.32. The molecule has 1 aliphatic rings. The molecule has 9 heteroatoms. The summed E-state index contributed by atoms with van der Waals surface area (Å²) in [6.45, 7) is 3.04. The number of carboxylic acids is 1. The number of nitrogens with zero attached hydrogens (tertiary/aromatic N) is 2. The Labute approximate surface area is 164 Å². The summed E-state index contributed by atoms with van der Waals surface area (Å²) in [5, 5.41) is 13.7. The predicted molar refractivity (Wildman–Crippen MR) is 104 cm³/mol. The minimum Gasteiger partial charge on any atom is -0.476 e. The number of hydrogen-bond donors (Lipinski definition) is 2. The van der Waals surface area contributed by atoms with Crippen molar-refractivity contribution in [1.29, 1.82) is 0 Å². The van der Waals surface area contributed by atoms with Gasteiger partial charge in [0.2, 0.25) is 5.91 Å². The Morgan fingerprint density at radius 1 is 1.52 bits per heavy atom. The maximum absolute atomic E-state index is 13.2. The summed E-state index contributed by atoms with van der Waals surface area (Å²) in [5.74, 6) is -0.510. The summed E-state index contributed by atoms with van der Waals surface area (Å²) < 4.78 is 13.9. The monoisotopic (exact) mass is 409 g/mol. The standard InChI is InChI=1S/C18H20FN3O3S2/c1-11-8-12(19)2-4-14(11)20-9-13-3-5-16(23)22(13)6-7-26-18-21-15(10-27-18)17(24)25/h2,4,8,10,13,20H,3,5-7,9H2,1H3,(H,24,25). The zero-order chi connectivity index (χ0) is 19.4. The Bertz CT molecular complexity index is 843. The number of thioether (sulfide) groups is 1. The third-order valence-electron chi connectivity index (χ3n) is 4.43. The number of halogens is 1. The maximum Gasteiger partial charge on any atom is 0.355 e. The van der Waals surface area contributed by atoms with E-state index in [1.807, 2.05) is 11.8 Å². The molecule has 0 radical (unpaired) electrons. The van der Waals surface area contributed by atoms with E-state index in [9.17, 15) is 14.0 Å². The molecule has 1 aromatic carbocycles. The summed E-state index contributed by atoms with van der Waals surface area (Å²) >= 11 is 2.75. The van der Waals surface area contributed by atoms with Crippen LogP contribution in [0.3, 0.4) is 0 Å². The van der Waals surface area contributed by atoms with Crippen LogP contribution in [-0.4, -0.2) is 51.8 Å². The molecule has 2 heterocycles. The molecule has 0 spiro atoms. The van der Waals surface area contributed by atoms with Crippen molar-refractivity contribution in [2.45, 2.75) is 30.1 Å². The molecule has 0 saturated carbocycles. The van der Waals surface area contributed by atoms with Crippen LogP contribution >= 0.6 is 23.1 Å². The van der Waals surface area contributed by atoms with Gasteiger partial charge in [0.1, 0.15) is 5.82 Å². The summed E-state index contributed by atoms with van der Waals surface area (Å²) in [6, 6.07) is 4.71. The van der Waals surface area contributed by atoms with Crippen LogP contribution in [-0.2, 0) is 4.79 Å². The first-order valence-corrected chi connectivity index (χ1v) is 10.4. The van der Waals surface area contributed by atoms with Crippen LogP contribution in [0.4, 0.5) is 10.1 Å². The van der Waals surface area contributed by atoms with Crippen molar-refractivity contribution < 1.29 is 19.1 Å². The van der Waals surface area contributed by atoms with Gasteiger partial charge in [0, 0.05) is 42.4 Å². The highest BCUT2D eigenvalue weighted by molar-refractivity contribution is 8.01. The van der Waals surface area contributed by atoms with Crippen molar-refractivity contribution in [2.24, 2.45) is 0 Å². The molecular weight excluding hydrogens is 389 g/mol. The summed E-state index contributed by atoms with van der Waals surface area (Å²) in [5.41, 5.74) is 1.75. The number of carbonyl (C=O) groups is 2. The summed E-state index contributed by atoms with van der Waals surface area (Å²) in [7, 11) is 0. The van der Waals surface area contributed by atoms with Gasteiger partial charge in [-0.2, -0.15) is 0 Å². The first-order valence-electron chi connectivity index (χ1n) is 8.55. The molecule has 1 aromatic heterocycles. The van der Waals surface area contributed by atoms with E-state index in [1.165, 1.54) is 40.6 Å². The lowest BCUT2D eigenvalue weighted by Crippen LogP contribution is -2.39. The second-order valence-corrected chi connectivity index (χ2v) is 8.47. The van der Waals surface area contributed by atoms with Crippen LogP contribution in [0.5, 0.6) is 0 Å². The Morgan fingerprint density at radius 2 is 2.33 bits per heavy atom. The van der Waals surface area contributed by atoms with E-state index in [-0.39, 0.29) is 23.5 Å². The average Bonchev–Trinajstić information content (AvgIpc) is 3.22. The number of aromatic nitrogens is 1. The molecule has 3 rings (SSSR count). The van der Waals surface area contributed by atoms with Gasteiger partial charge in [0.05, 0.1) is 0 Å². The van der Waals surface area contributed by atoms with Gasteiger partial charge in [0.15, 0.2) is 10.0 Å². The van der Waals surface area contributed by atoms with Crippen LogP contribution in [0.25, 0.3) is 0 Å². The van der Waals surface area contributed by atoms with Gasteiger partial charge in [-0.1, -0.05) is 11.8 Å². The van der Waals surface area contributed by atoms with Crippen molar-refractivity contribution in [1.82, 2.24) is 9.88 Å². The van der Waals surface area contributed by atoms with E-state index in [2.05, 4.69) is 10.3 Å². The van der Waals surface area contributed by atoms with Gasteiger partial charge in [-0.25, -0.2) is 14.2 Å². The lowest BCUT2D eigenvalue weighted by Gasteiger charge is -2.25.